The van der Waals surface area contributed by atoms with Crippen molar-refractivity contribution >= 4 is 29.1 Å². The van der Waals surface area contributed by atoms with E-state index in [1.54, 1.807) is 24.3 Å². The Kier molecular flexibility index (Phi) is 7.15. The highest BCUT2D eigenvalue weighted by Gasteiger charge is 2.17. The fourth-order valence-corrected chi connectivity index (χ4v) is 3.63. The van der Waals surface area contributed by atoms with Gasteiger partial charge in [0.1, 0.15) is 5.75 Å². The van der Waals surface area contributed by atoms with E-state index in [-0.39, 0.29) is 18.4 Å². The van der Waals surface area contributed by atoms with Gasteiger partial charge in [-0.25, -0.2) is 0 Å². The van der Waals surface area contributed by atoms with Crippen LogP contribution in [0, 0.1) is 13.8 Å². The third-order valence-corrected chi connectivity index (χ3v) is 5.66. The molecule has 3 rings (SSSR count). The molecule has 2 amide bonds. The molecule has 2 aromatic rings. The highest BCUT2D eigenvalue weighted by molar-refractivity contribution is 6.32. The fourth-order valence-electron chi connectivity index (χ4n) is 3.52. The Labute approximate surface area is 177 Å². The molecule has 6 heteroatoms. The van der Waals surface area contributed by atoms with Crippen molar-refractivity contribution < 1.29 is 14.3 Å². The minimum Gasteiger partial charge on any atom is -0.484 e. The maximum absolute atomic E-state index is 12.8. The van der Waals surface area contributed by atoms with Gasteiger partial charge in [-0.2, -0.15) is 0 Å². The van der Waals surface area contributed by atoms with E-state index in [1.807, 2.05) is 30.9 Å². The number of carbonyl (C=O) groups excluding carboxylic acids is 2. The Bertz CT molecular complexity index is 866. The van der Waals surface area contributed by atoms with Gasteiger partial charge in [-0.15, -0.1) is 0 Å². The van der Waals surface area contributed by atoms with Gasteiger partial charge in [-0.05, 0) is 68.1 Å². The molecule has 0 spiro atoms. The van der Waals surface area contributed by atoms with Gasteiger partial charge in [0.25, 0.3) is 11.8 Å². The first-order chi connectivity index (χ1) is 13.9. The molecule has 5 nitrogen and oxygen atoms in total. The second-order valence-electron chi connectivity index (χ2n) is 7.50. The largest absolute Gasteiger partial charge is 0.484 e. The summed E-state index contributed by atoms with van der Waals surface area (Å²) in [6.07, 6.45) is 4.44. The number of nitrogens with zero attached hydrogens (tertiary/aromatic N) is 1. The van der Waals surface area contributed by atoms with E-state index in [9.17, 15) is 9.59 Å². The molecule has 1 aliphatic rings. The maximum Gasteiger partial charge on any atom is 0.262 e. The Morgan fingerprint density at radius 2 is 1.69 bits per heavy atom. The number of carbonyl (C=O) groups is 2. The summed E-state index contributed by atoms with van der Waals surface area (Å²) in [5.74, 6) is 0.339. The molecule has 2 aromatic carbocycles. The standard InChI is InChI=1S/C23H27ClN2O3/c1-16-12-20(13-17(2)22(16)24)29-15-21(27)25-19-9-7-8-18(14-19)23(28)26-10-5-3-4-6-11-26/h7-9,12-14H,3-6,10-11,15H2,1-2H3,(H,25,27). The lowest BCUT2D eigenvalue weighted by Crippen LogP contribution is -2.31. The number of ether oxygens (including phenoxy) is 1. The summed E-state index contributed by atoms with van der Waals surface area (Å²) < 4.78 is 5.60. The molecule has 0 atom stereocenters. The lowest BCUT2D eigenvalue weighted by molar-refractivity contribution is -0.118. The number of likely N-dealkylation sites (tertiary alicyclic amines) is 1. The predicted octanol–water partition coefficient (Wildman–Crippen LogP) is 4.99. The topological polar surface area (TPSA) is 58.6 Å². The smallest absolute Gasteiger partial charge is 0.262 e. The summed E-state index contributed by atoms with van der Waals surface area (Å²) in [4.78, 5) is 27.0. The van der Waals surface area contributed by atoms with Gasteiger partial charge in [0, 0.05) is 29.4 Å². The van der Waals surface area contributed by atoms with Gasteiger partial charge >= 0.3 is 0 Å². The summed E-state index contributed by atoms with van der Waals surface area (Å²) in [6, 6.07) is 10.7. The predicted molar refractivity (Wildman–Crippen MR) is 116 cm³/mol. The molecule has 0 radical (unpaired) electrons. The zero-order valence-corrected chi connectivity index (χ0v) is 17.7. The minimum absolute atomic E-state index is 0.0198. The number of hydrogen-bond acceptors (Lipinski definition) is 3. The lowest BCUT2D eigenvalue weighted by atomic mass is 10.1. The quantitative estimate of drug-likeness (QED) is 0.749. The molecule has 1 aliphatic heterocycles. The average molecular weight is 415 g/mol. The zero-order valence-electron chi connectivity index (χ0n) is 17.0. The third kappa shape index (κ3) is 5.73. The number of hydrogen-bond donors (Lipinski definition) is 1. The monoisotopic (exact) mass is 414 g/mol. The summed E-state index contributed by atoms with van der Waals surface area (Å²) in [5.41, 5.74) is 2.99. The van der Waals surface area contributed by atoms with Crippen molar-refractivity contribution in [1.29, 1.82) is 0 Å². The molecule has 0 aromatic heterocycles. The van der Waals surface area contributed by atoms with Crippen LogP contribution in [0.4, 0.5) is 5.69 Å². The van der Waals surface area contributed by atoms with Gasteiger partial charge in [-0.1, -0.05) is 30.5 Å². The van der Waals surface area contributed by atoms with E-state index in [2.05, 4.69) is 5.32 Å². The molecular formula is C23H27ClN2O3. The van der Waals surface area contributed by atoms with Crippen LogP contribution in [0.3, 0.4) is 0 Å². The van der Waals surface area contributed by atoms with E-state index in [1.165, 1.54) is 12.8 Å². The normalized spacial score (nSPS) is 14.2. The number of amides is 2. The van der Waals surface area contributed by atoms with Crippen LogP contribution in [-0.2, 0) is 4.79 Å². The first-order valence-electron chi connectivity index (χ1n) is 10.0. The summed E-state index contributed by atoms with van der Waals surface area (Å²) in [5, 5.41) is 3.50. The van der Waals surface area contributed by atoms with Crippen molar-refractivity contribution in [1.82, 2.24) is 4.90 Å². The first kappa shape index (κ1) is 21.2. The van der Waals surface area contributed by atoms with E-state index in [0.717, 1.165) is 37.1 Å². The molecule has 0 aliphatic carbocycles. The maximum atomic E-state index is 12.8. The van der Waals surface area contributed by atoms with Crippen molar-refractivity contribution in [3.8, 4) is 5.75 Å². The first-order valence-corrected chi connectivity index (χ1v) is 10.4. The van der Waals surface area contributed by atoms with Gasteiger partial charge in [0.2, 0.25) is 0 Å². The number of nitrogens with one attached hydrogen (secondary N) is 1. The molecule has 154 valence electrons. The number of rotatable bonds is 5. The zero-order chi connectivity index (χ0) is 20.8. The summed E-state index contributed by atoms with van der Waals surface area (Å²) in [7, 11) is 0. The Morgan fingerprint density at radius 3 is 2.34 bits per heavy atom. The number of benzene rings is 2. The number of halogens is 1. The van der Waals surface area contributed by atoms with Crippen molar-refractivity contribution in [2.75, 3.05) is 25.0 Å². The Hall–Kier alpha value is -2.53. The molecule has 1 heterocycles. The van der Waals surface area contributed by atoms with Crippen LogP contribution < -0.4 is 10.1 Å². The SMILES string of the molecule is Cc1cc(OCC(=O)Nc2cccc(C(=O)N3CCCCCC3)c2)cc(C)c1Cl. The molecule has 1 fully saturated rings. The number of aryl methyl sites for hydroxylation is 2. The molecule has 0 saturated carbocycles. The van der Waals surface area contributed by atoms with E-state index >= 15 is 0 Å². The van der Waals surface area contributed by atoms with Crippen LogP contribution >= 0.6 is 11.6 Å². The minimum atomic E-state index is -0.283. The Balaban J connectivity index is 1.59. The van der Waals surface area contributed by atoms with E-state index < -0.39 is 0 Å². The fraction of sp³-hybridized carbons (Fsp3) is 0.391. The van der Waals surface area contributed by atoms with Gasteiger partial charge < -0.3 is 15.0 Å². The van der Waals surface area contributed by atoms with E-state index in [0.29, 0.717) is 22.0 Å². The third-order valence-electron chi connectivity index (χ3n) is 5.07. The van der Waals surface area contributed by atoms with E-state index in [4.69, 9.17) is 16.3 Å². The average Bonchev–Trinajstić information content (AvgIpc) is 2.99. The van der Waals surface area contributed by atoms with Crippen LogP contribution in [-0.4, -0.2) is 36.4 Å². The van der Waals surface area contributed by atoms with Gasteiger partial charge in [0.05, 0.1) is 0 Å². The van der Waals surface area contributed by atoms with Crippen LogP contribution in [0.5, 0.6) is 5.75 Å². The van der Waals surface area contributed by atoms with Crippen molar-refractivity contribution in [2.45, 2.75) is 39.5 Å². The Morgan fingerprint density at radius 1 is 1.03 bits per heavy atom. The molecule has 0 bridgehead atoms. The van der Waals surface area contributed by atoms with Gasteiger partial charge in [0.15, 0.2) is 6.61 Å². The molecule has 1 saturated heterocycles. The van der Waals surface area contributed by atoms with Crippen molar-refractivity contribution in [3.05, 3.63) is 58.1 Å². The van der Waals surface area contributed by atoms with Crippen molar-refractivity contribution in [2.24, 2.45) is 0 Å². The number of anilines is 1. The van der Waals surface area contributed by atoms with Crippen LogP contribution in [0.1, 0.15) is 47.2 Å². The van der Waals surface area contributed by atoms with Gasteiger partial charge in [-0.3, -0.25) is 9.59 Å². The lowest BCUT2D eigenvalue weighted by Gasteiger charge is -2.20. The second-order valence-corrected chi connectivity index (χ2v) is 7.87. The highest BCUT2D eigenvalue weighted by Crippen LogP contribution is 2.26. The molecule has 0 unspecified atom stereocenters. The summed E-state index contributed by atoms with van der Waals surface area (Å²) in [6.45, 7) is 5.27. The highest BCUT2D eigenvalue weighted by atomic mass is 35.5. The van der Waals surface area contributed by atoms with Crippen LogP contribution in [0.15, 0.2) is 36.4 Å². The van der Waals surface area contributed by atoms with Crippen LogP contribution in [0.2, 0.25) is 5.02 Å². The molecular weight excluding hydrogens is 388 g/mol. The summed E-state index contributed by atoms with van der Waals surface area (Å²) >= 11 is 6.16. The second kappa shape index (κ2) is 9.79. The van der Waals surface area contributed by atoms with Crippen molar-refractivity contribution in [3.63, 3.8) is 0 Å². The molecule has 1 N–H and O–H groups in total. The molecule has 29 heavy (non-hydrogen) atoms. The van der Waals surface area contributed by atoms with Crippen LogP contribution in [0.25, 0.3) is 0 Å².